The highest BCUT2D eigenvalue weighted by Gasteiger charge is 2.18. The number of carbonyl (C=O) groups is 1. The normalized spacial score (nSPS) is 11.8. The largest absolute Gasteiger partial charge is 0.423 e. The van der Waals surface area contributed by atoms with E-state index in [4.69, 9.17) is 4.74 Å². The highest BCUT2D eigenvalue weighted by molar-refractivity contribution is 5.92. The van der Waals surface area contributed by atoms with Crippen molar-refractivity contribution >= 4 is 11.8 Å². The summed E-state index contributed by atoms with van der Waals surface area (Å²) in [4.78, 5) is 12.1. The van der Waals surface area contributed by atoms with Gasteiger partial charge in [-0.05, 0) is 29.7 Å². The van der Waals surface area contributed by atoms with E-state index in [1.807, 2.05) is 0 Å². The summed E-state index contributed by atoms with van der Waals surface area (Å²) in [6, 6.07) is 9.96. The van der Waals surface area contributed by atoms with E-state index in [2.05, 4.69) is 0 Å². The minimum absolute atomic E-state index is 0.0301. The summed E-state index contributed by atoms with van der Waals surface area (Å²) in [5.74, 6) is -9.58. The Kier molecular flexibility index (Phi) is 6.48. The molecule has 0 spiro atoms. The number of halogens is 6. The first-order chi connectivity index (χ1) is 14.7. The summed E-state index contributed by atoms with van der Waals surface area (Å²) >= 11 is 0. The van der Waals surface area contributed by atoms with E-state index < -0.39 is 52.2 Å². The van der Waals surface area contributed by atoms with Gasteiger partial charge in [-0.25, -0.2) is 31.1 Å². The molecule has 0 aliphatic carbocycles. The molecule has 0 fully saturated rings. The number of rotatable bonds is 5. The Hall–Kier alpha value is -3.55. The van der Waals surface area contributed by atoms with Crippen LogP contribution in [0.25, 0.3) is 17.0 Å². The molecule has 0 bridgehead atoms. The molecule has 8 heteroatoms. The fourth-order valence-corrected chi connectivity index (χ4v) is 2.73. The average Bonchev–Trinajstić information content (AvgIpc) is 2.76. The van der Waals surface area contributed by atoms with Gasteiger partial charge in [-0.15, -0.1) is 0 Å². The maximum Gasteiger partial charge on any atom is 0.346 e. The van der Waals surface area contributed by atoms with Gasteiger partial charge >= 0.3 is 5.97 Å². The lowest BCUT2D eigenvalue weighted by molar-refractivity contribution is 0.0728. The molecule has 160 valence electrons. The summed E-state index contributed by atoms with van der Waals surface area (Å²) in [6.07, 6.45) is -0.0897. The number of hydrogen-bond acceptors (Lipinski definition) is 2. The lowest BCUT2D eigenvalue weighted by Gasteiger charge is -2.08. The standard InChI is InChI=1S/C23H14F6O2/c1-2-17(24)21(28)13-5-3-12(4-6-13)14-7-8-16(18(25)9-14)23(30)31-15-10-19(26)22(29)20(27)11-15/h3-11H,2H2,1H3. The maximum absolute atomic E-state index is 14.4. The molecule has 31 heavy (non-hydrogen) atoms. The number of esters is 1. The number of ether oxygens (including phenoxy) is 1. The van der Waals surface area contributed by atoms with Crippen LogP contribution < -0.4 is 4.74 Å². The summed E-state index contributed by atoms with van der Waals surface area (Å²) in [5.41, 5.74) is 0.307. The Morgan fingerprint density at radius 1 is 0.806 bits per heavy atom. The van der Waals surface area contributed by atoms with E-state index in [1.54, 1.807) is 0 Å². The molecule has 0 aromatic heterocycles. The third-order valence-corrected chi connectivity index (χ3v) is 4.38. The van der Waals surface area contributed by atoms with E-state index in [1.165, 1.54) is 37.3 Å². The van der Waals surface area contributed by atoms with Crippen LogP contribution in [-0.4, -0.2) is 5.97 Å². The van der Waals surface area contributed by atoms with Crippen LogP contribution in [0.2, 0.25) is 0 Å². The maximum atomic E-state index is 14.4. The topological polar surface area (TPSA) is 26.3 Å². The van der Waals surface area contributed by atoms with Crippen molar-refractivity contribution in [1.82, 2.24) is 0 Å². The Morgan fingerprint density at radius 2 is 1.39 bits per heavy atom. The first-order valence-electron chi connectivity index (χ1n) is 9.02. The minimum Gasteiger partial charge on any atom is -0.423 e. The lowest BCUT2D eigenvalue weighted by atomic mass is 10.0. The molecule has 3 rings (SSSR count). The zero-order chi connectivity index (χ0) is 22.7. The second-order valence-corrected chi connectivity index (χ2v) is 6.43. The summed E-state index contributed by atoms with van der Waals surface area (Å²) < 4.78 is 85.8. The first kappa shape index (κ1) is 22.1. The van der Waals surface area contributed by atoms with Crippen molar-refractivity contribution in [2.24, 2.45) is 0 Å². The third-order valence-electron chi connectivity index (χ3n) is 4.38. The molecule has 0 aliphatic heterocycles. The number of carbonyl (C=O) groups excluding carboxylic acids is 1. The van der Waals surface area contributed by atoms with Crippen molar-refractivity contribution < 1.29 is 35.9 Å². The second kappa shape index (κ2) is 9.07. The SMILES string of the molecule is CCC(F)=C(F)c1ccc(-c2ccc(C(=O)Oc3cc(F)c(F)c(F)c3)c(F)c2)cc1. The van der Waals surface area contributed by atoms with E-state index in [0.717, 1.165) is 12.1 Å². The highest BCUT2D eigenvalue weighted by Crippen LogP contribution is 2.28. The smallest absolute Gasteiger partial charge is 0.346 e. The molecule has 3 aromatic carbocycles. The molecular weight excluding hydrogens is 422 g/mol. The van der Waals surface area contributed by atoms with Crippen molar-refractivity contribution in [3.05, 3.63) is 94.8 Å². The van der Waals surface area contributed by atoms with Crippen molar-refractivity contribution in [1.29, 1.82) is 0 Å². The van der Waals surface area contributed by atoms with E-state index in [-0.39, 0.29) is 12.0 Å². The lowest BCUT2D eigenvalue weighted by Crippen LogP contribution is -2.11. The Morgan fingerprint density at radius 3 is 1.94 bits per heavy atom. The number of hydrogen-bond donors (Lipinski definition) is 0. The van der Waals surface area contributed by atoms with Gasteiger partial charge < -0.3 is 4.74 Å². The van der Waals surface area contributed by atoms with Crippen LogP contribution in [-0.2, 0) is 0 Å². The van der Waals surface area contributed by atoms with E-state index in [9.17, 15) is 31.1 Å². The zero-order valence-corrected chi connectivity index (χ0v) is 16.0. The Bertz CT molecular complexity index is 1150. The monoisotopic (exact) mass is 436 g/mol. The molecule has 0 amide bonds. The molecule has 0 radical (unpaired) electrons. The van der Waals surface area contributed by atoms with Crippen LogP contribution in [0.4, 0.5) is 26.3 Å². The minimum atomic E-state index is -1.73. The van der Waals surface area contributed by atoms with E-state index in [0.29, 0.717) is 23.3 Å². The van der Waals surface area contributed by atoms with Gasteiger partial charge in [0.1, 0.15) is 17.4 Å². The quantitative estimate of drug-likeness (QED) is 0.184. The Labute approximate surface area is 173 Å². The molecule has 0 saturated carbocycles. The van der Waals surface area contributed by atoms with Crippen LogP contribution in [0.1, 0.15) is 29.3 Å². The molecule has 2 nitrogen and oxygen atoms in total. The van der Waals surface area contributed by atoms with Crippen molar-refractivity contribution in [2.45, 2.75) is 13.3 Å². The van der Waals surface area contributed by atoms with Gasteiger partial charge in [-0.3, -0.25) is 0 Å². The van der Waals surface area contributed by atoms with Gasteiger partial charge in [-0.2, -0.15) is 0 Å². The van der Waals surface area contributed by atoms with Gasteiger partial charge in [0, 0.05) is 17.7 Å². The highest BCUT2D eigenvalue weighted by atomic mass is 19.2. The fourth-order valence-electron chi connectivity index (χ4n) is 2.73. The van der Waals surface area contributed by atoms with Gasteiger partial charge in [-0.1, -0.05) is 37.3 Å². The molecule has 0 saturated heterocycles. The van der Waals surface area contributed by atoms with Gasteiger partial charge in [0.2, 0.25) is 0 Å². The molecule has 0 atom stereocenters. The summed E-state index contributed by atoms with van der Waals surface area (Å²) in [6.45, 7) is 1.47. The predicted molar refractivity (Wildman–Crippen MR) is 103 cm³/mol. The number of allylic oxidation sites excluding steroid dienone is 1. The van der Waals surface area contributed by atoms with Gasteiger partial charge in [0.25, 0.3) is 0 Å². The van der Waals surface area contributed by atoms with Crippen LogP contribution >= 0.6 is 0 Å². The molecular formula is C23H14F6O2. The van der Waals surface area contributed by atoms with Crippen LogP contribution in [0.5, 0.6) is 5.75 Å². The second-order valence-electron chi connectivity index (χ2n) is 6.43. The van der Waals surface area contributed by atoms with Crippen molar-refractivity contribution in [2.75, 3.05) is 0 Å². The van der Waals surface area contributed by atoms with Crippen LogP contribution in [0.3, 0.4) is 0 Å². The van der Waals surface area contributed by atoms with Crippen LogP contribution in [0.15, 0.2) is 60.4 Å². The van der Waals surface area contributed by atoms with Crippen molar-refractivity contribution in [3.8, 4) is 16.9 Å². The molecule has 0 N–H and O–H groups in total. The molecule has 0 aliphatic rings. The zero-order valence-electron chi connectivity index (χ0n) is 16.0. The summed E-state index contributed by atoms with van der Waals surface area (Å²) in [7, 11) is 0. The van der Waals surface area contributed by atoms with E-state index >= 15 is 0 Å². The molecule has 3 aromatic rings. The van der Waals surface area contributed by atoms with Crippen LogP contribution in [0, 0.1) is 23.3 Å². The molecule has 0 heterocycles. The number of benzene rings is 3. The first-order valence-corrected chi connectivity index (χ1v) is 9.02. The Balaban J connectivity index is 1.82. The third kappa shape index (κ3) is 4.79. The van der Waals surface area contributed by atoms with Gasteiger partial charge in [0.05, 0.1) is 5.56 Å². The molecule has 0 unspecified atom stereocenters. The van der Waals surface area contributed by atoms with Crippen molar-refractivity contribution in [3.63, 3.8) is 0 Å². The van der Waals surface area contributed by atoms with Gasteiger partial charge in [0.15, 0.2) is 23.3 Å². The predicted octanol–water partition coefficient (Wildman–Crippen LogP) is 7.15. The fraction of sp³-hybridized carbons (Fsp3) is 0.0870. The summed E-state index contributed by atoms with van der Waals surface area (Å²) in [5, 5.41) is 0. The average molecular weight is 436 g/mol.